The average molecular weight is 263 g/mol. The molecule has 1 atom stereocenters. The van der Waals surface area contributed by atoms with Crippen molar-refractivity contribution in [3.05, 3.63) is 0 Å². The van der Waals surface area contributed by atoms with Crippen molar-refractivity contribution in [3.63, 3.8) is 0 Å². The van der Waals surface area contributed by atoms with Crippen LogP contribution in [0.2, 0.25) is 0 Å². The van der Waals surface area contributed by atoms with Crippen LogP contribution < -0.4 is 5.32 Å². The molecule has 0 aliphatic carbocycles. The van der Waals surface area contributed by atoms with Crippen LogP contribution in [0.4, 0.5) is 0 Å². The highest BCUT2D eigenvalue weighted by Crippen LogP contribution is 1.96. The summed E-state index contributed by atoms with van der Waals surface area (Å²) in [6.07, 6.45) is -1.01. The molecule has 0 spiro atoms. The molecule has 0 aromatic heterocycles. The Morgan fingerprint density at radius 3 is 2.06 bits per heavy atom. The molecule has 0 rings (SSSR count). The summed E-state index contributed by atoms with van der Waals surface area (Å²) in [5, 5.41) is 11.9. The second kappa shape index (κ2) is 9.81. The van der Waals surface area contributed by atoms with Crippen LogP contribution in [0.15, 0.2) is 0 Å². The molecule has 7 nitrogen and oxygen atoms in total. The van der Waals surface area contributed by atoms with E-state index in [9.17, 15) is 9.59 Å². The Bertz CT molecular complexity index is 238. The zero-order chi connectivity index (χ0) is 14.0. The first kappa shape index (κ1) is 16.8. The van der Waals surface area contributed by atoms with Crippen LogP contribution in [-0.2, 0) is 23.8 Å². The van der Waals surface area contributed by atoms with Crippen molar-refractivity contribution in [1.29, 1.82) is 0 Å². The molecule has 0 saturated carbocycles. The lowest BCUT2D eigenvalue weighted by molar-refractivity contribution is -0.152. The number of hydrogen-bond acceptors (Lipinski definition) is 7. The third kappa shape index (κ3) is 11.3. The number of aliphatic hydroxyl groups excluding tert-OH is 1. The summed E-state index contributed by atoms with van der Waals surface area (Å²) in [5.74, 6) is -0.855. The molecule has 1 unspecified atom stereocenters. The monoisotopic (exact) mass is 263 g/mol. The highest BCUT2D eigenvalue weighted by atomic mass is 16.6. The van der Waals surface area contributed by atoms with E-state index in [1.807, 2.05) is 0 Å². The summed E-state index contributed by atoms with van der Waals surface area (Å²) in [5.41, 5.74) is 0. The number of esters is 2. The maximum atomic E-state index is 10.7. The zero-order valence-electron chi connectivity index (χ0n) is 11.0. The molecule has 7 heteroatoms. The van der Waals surface area contributed by atoms with Crippen molar-refractivity contribution in [2.45, 2.75) is 33.0 Å². The maximum Gasteiger partial charge on any atom is 0.302 e. The summed E-state index contributed by atoms with van der Waals surface area (Å²) in [6, 6.07) is 0. The Labute approximate surface area is 106 Å². The Morgan fingerprint density at radius 2 is 1.67 bits per heavy atom. The van der Waals surface area contributed by atoms with Crippen molar-refractivity contribution < 1.29 is 28.9 Å². The molecule has 0 bridgehead atoms. The van der Waals surface area contributed by atoms with Gasteiger partial charge in [0.15, 0.2) is 0 Å². The van der Waals surface area contributed by atoms with Crippen LogP contribution in [0, 0.1) is 0 Å². The van der Waals surface area contributed by atoms with E-state index in [1.165, 1.54) is 13.8 Å². The van der Waals surface area contributed by atoms with Crippen molar-refractivity contribution in [1.82, 2.24) is 5.32 Å². The predicted octanol–water partition coefficient (Wildman–Crippen LogP) is -0.574. The van der Waals surface area contributed by atoms with Gasteiger partial charge in [-0.25, -0.2) is 0 Å². The second-order valence-electron chi connectivity index (χ2n) is 3.84. The Morgan fingerprint density at radius 1 is 1.17 bits per heavy atom. The van der Waals surface area contributed by atoms with Gasteiger partial charge in [-0.2, -0.15) is 0 Å². The van der Waals surface area contributed by atoms with Gasteiger partial charge >= 0.3 is 11.9 Å². The highest BCUT2D eigenvalue weighted by molar-refractivity contribution is 5.66. The van der Waals surface area contributed by atoms with Gasteiger partial charge in [0, 0.05) is 20.4 Å². The van der Waals surface area contributed by atoms with Gasteiger partial charge in [0.1, 0.15) is 19.3 Å². The van der Waals surface area contributed by atoms with Crippen molar-refractivity contribution in [2.24, 2.45) is 0 Å². The predicted molar refractivity (Wildman–Crippen MR) is 62.7 cm³/mol. The SMILES string of the molecule is CC(=O)OCC(COC(C)=O)OCNCC(C)O. The standard InChI is InChI=1S/C11H21NO6/c1-8(13)4-12-7-18-11(5-16-9(2)14)6-17-10(3)15/h8,11-13H,4-7H2,1-3H3. The number of nitrogens with one attached hydrogen (secondary N) is 1. The third-order valence-electron chi connectivity index (χ3n) is 1.81. The van der Waals surface area contributed by atoms with Crippen LogP contribution in [0.3, 0.4) is 0 Å². The summed E-state index contributed by atoms with van der Waals surface area (Å²) < 4.78 is 14.9. The first-order valence-electron chi connectivity index (χ1n) is 5.69. The Kier molecular flexibility index (Phi) is 9.17. The average Bonchev–Trinajstić information content (AvgIpc) is 2.25. The van der Waals surface area contributed by atoms with E-state index in [0.29, 0.717) is 6.54 Å². The molecule has 0 fully saturated rings. The van der Waals surface area contributed by atoms with Crippen molar-refractivity contribution >= 4 is 11.9 Å². The number of ether oxygens (including phenoxy) is 3. The highest BCUT2D eigenvalue weighted by Gasteiger charge is 2.13. The normalized spacial score (nSPS) is 12.3. The Balaban J connectivity index is 3.87. The number of aliphatic hydroxyl groups is 1. The molecule has 0 saturated heterocycles. The maximum absolute atomic E-state index is 10.7. The molecule has 0 aromatic rings. The van der Waals surface area contributed by atoms with Gasteiger partial charge in [-0.05, 0) is 6.92 Å². The van der Waals surface area contributed by atoms with Gasteiger partial charge in [0.25, 0.3) is 0 Å². The van der Waals surface area contributed by atoms with E-state index < -0.39 is 24.1 Å². The molecule has 0 heterocycles. The first-order chi connectivity index (χ1) is 8.41. The largest absolute Gasteiger partial charge is 0.463 e. The fraction of sp³-hybridized carbons (Fsp3) is 0.818. The molecule has 0 aromatic carbocycles. The van der Waals surface area contributed by atoms with Gasteiger partial charge in [-0.3, -0.25) is 14.9 Å². The second-order valence-corrected chi connectivity index (χ2v) is 3.84. The fourth-order valence-corrected chi connectivity index (χ4v) is 1.01. The minimum Gasteiger partial charge on any atom is -0.463 e. The van der Waals surface area contributed by atoms with Gasteiger partial charge in [0.2, 0.25) is 0 Å². The summed E-state index contributed by atoms with van der Waals surface area (Å²) in [6.45, 7) is 4.79. The number of rotatable bonds is 9. The smallest absolute Gasteiger partial charge is 0.302 e. The molecule has 0 amide bonds. The van der Waals surface area contributed by atoms with E-state index in [0.717, 1.165) is 0 Å². The van der Waals surface area contributed by atoms with Crippen LogP contribution in [0.5, 0.6) is 0 Å². The van der Waals surface area contributed by atoms with Crippen LogP contribution >= 0.6 is 0 Å². The summed E-state index contributed by atoms with van der Waals surface area (Å²) >= 11 is 0. The van der Waals surface area contributed by atoms with Gasteiger partial charge in [-0.1, -0.05) is 0 Å². The lowest BCUT2D eigenvalue weighted by Gasteiger charge is -2.18. The molecule has 0 radical (unpaired) electrons. The lowest BCUT2D eigenvalue weighted by Crippen LogP contribution is -2.34. The molecule has 18 heavy (non-hydrogen) atoms. The topological polar surface area (TPSA) is 94.1 Å². The van der Waals surface area contributed by atoms with E-state index >= 15 is 0 Å². The third-order valence-corrected chi connectivity index (χ3v) is 1.81. The summed E-state index contributed by atoms with van der Waals surface area (Å²) in [4.78, 5) is 21.3. The van der Waals surface area contributed by atoms with Gasteiger partial charge in [0.05, 0.1) is 12.8 Å². The van der Waals surface area contributed by atoms with Crippen LogP contribution in [0.1, 0.15) is 20.8 Å². The number of hydrogen-bond donors (Lipinski definition) is 2. The fourth-order valence-electron chi connectivity index (χ4n) is 1.01. The molecular formula is C11H21NO6. The first-order valence-corrected chi connectivity index (χ1v) is 5.69. The Hall–Kier alpha value is -1.18. The summed E-state index contributed by atoms with van der Waals surface area (Å²) in [7, 11) is 0. The van der Waals surface area contributed by atoms with E-state index in [1.54, 1.807) is 6.92 Å². The number of carbonyl (C=O) groups is 2. The zero-order valence-corrected chi connectivity index (χ0v) is 11.0. The molecular weight excluding hydrogens is 242 g/mol. The van der Waals surface area contributed by atoms with E-state index in [2.05, 4.69) is 5.32 Å². The minimum atomic E-state index is -0.528. The lowest BCUT2D eigenvalue weighted by atomic mass is 10.4. The van der Waals surface area contributed by atoms with Gasteiger partial charge in [-0.15, -0.1) is 0 Å². The van der Waals surface area contributed by atoms with Crippen molar-refractivity contribution in [2.75, 3.05) is 26.5 Å². The molecule has 0 aliphatic heterocycles. The molecule has 106 valence electrons. The van der Waals surface area contributed by atoms with Crippen molar-refractivity contribution in [3.8, 4) is 0 Å². The van der Waals surface area contributed by atoms with Crippen LogP contribution in [0.25, 0.3) is 0 Å². The number of carbonyl (C=O) groups excluding carboxylic acids is 2. The molecule has 0 aliphatic rings. The quantitative estimate of drug-likeness (QED) is 0.327. The van der Waals surface area contributed by atoms with Crippen LogP contribution in [-0.4, -0.2) is 55.7 Å². The minimum absolute atomic E-state index is 0.0129. The van der Waals surface area contributed by atoms with E-state index in [4.69, 9.17) is 19.3 Å². The molecule has 2 N–H and O–H groups in total. The van der Waals surface area contributed by atoms with Gasteiger partial charge < -0.3 is 19.3 Å². The van der Waals surface area contributed by atoms with E-state index in [-0.39, 0.29) is 19.9 Å².